The highest BCUT2D eigenvalue weighted by molar-refractivity contribution is 9.10. The van der Waals surface area contributed by atoms with Gasteiger partial charge < -0.3 is 10.4 Å². The summed E-state index contributed by atoms with van der Waals surface area (Å²) in [7, 11) is 0. The molecule has 0 spiro atoms. The van der Waals surface area contributed by atoms with Crippen LogP contribution in [0.2, 0.25) is 0 Å². The van der Waals surface area contributed by atoms with Gasteiger partial charge in [-0.25, -0.2) is 13.9 Å². The van der Waals surface area contributed by atoms with Crippen molar-refractivity contribution in [3.63, 3.8) is 0 Å². The maximum absolute atomic E-state index is 14.5. The van der Waals surface area contributed by atoms with Crippen LogP contribution < -0.4 is 5.32 Å². The molecule has 0 radical (unpaired) electrons. The van der Waals surface area contributed by atoms with Gasteiger partial charge in [0.1, 0.15) is 17.3 Å². The number of rotatable bonds is 4. The lowest BCUT2D eigenvalue weighted by Gasteiger charge is -2.16. The number of hydrogen-bond acceptors (Lipinski definition) is 3. The first-order valence-electron chi connectivity index (χ1n) is 7.91. The lowest BCUT2D eigenvalue weighted by Crippen LogP contribution is -2.10. The summed E-state index contributed by atoms with van der Waals surface area (Å²) in [4.78, 5) is 11.6. The fourth-order valence-corrected chi connectivity index (χ4v) is 3.15. The predicted molar refractivity (Wildman–Crippen MR) is 102 cm³/mol. The number of carboxylic acid groups (broad SMARTS) is 1. The zero-order valence-electron chi connectivity index (χ0n) is 14.5. The zero-order chi connectivity index (χ0) is 19.0. The first-order chi connectivity index (χ1) is 12.3. The van der Waals surface area contributed by atoms with E-state index < -0.39 is 11.8 Å². The summed E-state index contributed by atoms with van der Waals surface area (Å²) in [6, 6.07) is 9.81. The molecule has 3 aromatic rings. The van der Waals surface area contributed by atoms with Gasteiger partial charge in [-0.3, -0.25) is 0 Å². The minimum atomic E-state index is -1.04. The van der Waals surface area contributed by atoms with E-state index in [9.17, 15) is 14.3 Å². The number of anilines is 2. The number of aromatic nitrogens is 2. The Bertz CT molecular complexity index is 994. The van der Waals surface area contributed by atoms with Gasteiger partial charge in [0.2, 0.25) is 0 Å². The number of carbonyl (C=O) groups is 1. The van der Waals surface area contributed by atoms with Gasteiger partial charge in [-0.15, -0.1) is 0 Å². The van der Waals surface area contributed by atoms with Gasteiger partial charge in [0.25, 0.3) is 0 Å². The normalized spacial score (nSPS) is 10.8. The number of nitrogens with zero attached hydrogens (tertiary/aromatic N) is 2. The molecule has 0 atom stereocenters. The van der Waals surface area contributed by atoms with Crippen LogP contribution in [0.25, 0.3) is 5.69 Å². The highest BCUT2D eigenvalue weighted by atomic mass is 79.9. The van der Waals surface area contributed by atoms with Crippen LogP contribution >= 0.6 is 15.9 Å². The molecule has 26 heavy (non-hydrogen) atoms. The van der Waals surface area contributed by atoms with E-state index in [1.807, 2.05) is 13.0 Å². The number of nitrogens with one attached hydrogen (secondary N) is 1. The highest BCUT2D eigenvalue weighted by Gasteiger charge is 2.21. The molecule has 0 unspecified atom stereocenters. The van der Waals surface area contributed by atoms with Gasteiger partial charge >= 0.3 is 5.97 Å². The average molecular weight is 418 g/mol. The van der Waals surface area contributed by atoms with Crippen LogP contribution in [0.4, 0.5) is 15.9 Å². The summed E-state index contributed by atoms with van der Waals surface area (Å²) in [5.74, 6) is -0.990. The van der Waals surface area contributed by atoms with Crippen LogP contribution in [0.1, 0.15) is 27.2 Å². The van der Waals surface area contributed by atoms with Gasteiger partial charge in [0.05, 0.1) is 21.4 Å². The Balaban J connectivity index is 2.22. The van der Waals surface area contributed by atoms with E-state index in [4.69, 9.17) is 0 Å². The maximum Gasteiger partial charge on any atom is 0.337 e. The molecule has 134 valence electrons. The van der Waals surface area contributed by atoms with Gasteiger partial charge in [-0.05, 0) is 60.0 Å². The van der Waals surface area contributed by atoms with Crippen molar-refractivity contribution in [2.75, 3.05) is 5.32 Å². The highest BCUT2D eigenvalue weighted by Crippen LogP contribution is 2.35. The van der Waals surface area contributed by atoms with Crippen LogP contribution in [-0.4, -0.2) is 20.9 Å². The maximum atomic E-state index is 14.5. The van der Waals surface area contributed by atoms with Crippen LogP contribution in [-0.2, 0) is 0 Å². The third kappa shape index (κ3) is 3.10. The van der Waals surface area contributed by atoms with Crippen molar-refractivity contribution in [3.8, 4) is 5.69 Å². The van der Waals surface area contributed by atoms with Crippen molar-refractivity contribution in [1.82, 2.24) is 9.78 Å². The Morgan fingerprint density at radius 2 is 1.81 bits per heavy atom. The average Bonchev–Trinajstić information content (AvgIpc) is 2.84. The van der Waals surface area contributed by atoms with Crippen LogP contribution in [0.3, 0.4) is 0 Å². The van der Waals surface area contributed by atoms with Crippen molar-refractivity contribution in [2.24, 2.45) is 0 Å². The predicted octanol–water partition coefficient (Wildman–Crippen LogP) is 5.14. The first-order valence-corrected chi connectivity index (χ1v) is 8.71. The molecule has 5 nitrogen and oxygen atoms in total. The number of para-hydroxylation sites is 2. The van der Waals surface area contributed by atoms with Gasteiger partial charge in [-0.2, -0.15) is 5.10 Å². The number of carboxylic acids is 1. The molecule has 1 aromatic heterocycles. The standard InChI is InChI=1S/C19H17BrFN3O2/c1-10-6-4-8-13(19(25)26)16(10)22-18-15(20)12(3)23-24(18)17-11(2)7-5-9-14(17)21/h4-9,22H,1-3H3,(H,25,26). The Morgan fingerprint density at radius 1 is 1.15 bits per heavy atom. The van der Waals surface area contributed by atoms with Crippen LogP contribution in [0.5, 0.6) is 0 Å². The number of aromatic carboxylic acids is 1. The van der Waals surface area contributed by atoms with E-state index in [2.05, 4.69) is 26.3 Å². The van der Waals surface area contributed by atoms with Crippen molar-refractivity contribution in [3.05, 3.63) is 69.1 Å². The molecule has 0 fully saturated rings. The second-order valence-corrected chi connectivity index (χ2v) is 6.79. The van der Waals surface area contributed by atoms with Crippen molar-refractivity contribution in [2.45, 2.75) is 20.8 Å². The van der Waals surface area contributed by atoms with E-state index in [0.717, 1.165) is 5.56 Å². The summed E-state index contributed by atoms with van der Waals surface area (Å²) in [6.45, 7) is 5.39. The number of benzene rings is 2. The summed E-state index contributed by atoms with van der Waals surface area (Å²) in [5, 5.41) is 17.0. The fraction of sp³-hybridized carbons (Fsp3) is 0.158. The SMILES string of the molecule is Cc1cccc(C(=O)O)c1Nc1c(Br)c(C)nn1-c1c(C)cccc1F. The third-order valence-corrected chi connectivity index (χ3v) is 5.08. The molecule has 2 N–H and O–H groups in total. The minimum Gasteiger partial charge on any atom is -0.478 e. The minimum absolute atomic E-state index is 0.132. The Kier molecular flexibility index (Phi) is 4.82. The summed E-state index contributed by atoms with van der Waals surface area (Å²) >= 11 is 3.48. The molecule has 0 aliphatic heterocycles. The molecule has 1 heterocycles. The summed E-state index contributed by atoms with van der Waals surface area (Å²) < 4.78 is 16.6. The second-order valence-electron chi connectivity index (χ2n) is 5.99. The zero-order valence-corrected chi connectivity index (χ0v) is 16.1. The van der Waals surface area contributed by atoms with Crippen molar-refractivity contribution in [1.29, 1.82) is 0 Å². The quantitative estimate of drug-likeness (QED) is 0.616. The second kappa shape index (κ2) is 6.92. The van der Waals surface area contributed by atoms with E-state index in [0.29, 0.717) is 32.9 Å². The molecule has 0 aliphatic carbocycles. The van der Waals surface area contributed by atoms with E-state index in [-0.39, 0.29) is 5.56 Å². The lowest BCUT2D eigenvalue weighted by atomic mass is 10.1. The van der Waals surface area contributed by atoms with Gasteiger partial charge in [0, 0.05) is 0 Å². The number of hydrogen-bond donors (Lipinski definition) is 2. The topological polar surface area (TPSA) is 67.2 Å². The molecule has 0 saturated carbocycles. The van der Waals surface area contributed by atoms with E-state index >= 15 is 0 Å². The number of aryl methyl sites for hydroxylation is 3. The lowest BCUT2D eigenvalue weighted by molar-refractivity contribution is 0.0698. The van der Waals surface area contributed by atoms with Crippen LogP contribution in [0.15, 0.2) is 40.9 Å². The Morgan fingerprint density at radius 3 is 2.46 bits per heavy atom. The van der Waals surface area contributed by atoms with Crippen molar-refractivity contribution < 1.29 is 14.3 Å². The van der Waals surface area contributed by atoms with E-state index in [1.54, 1.807) is 32.0 Å². The molecule has 0 bridgehead atoms. The summed E-state index contributed by atoms with van der Waals surface area (Å²) in [5.41, 5.74) is 3.01. The first kappa shape index (κ1) is 18.1. The molecule has 0 amide bonds. The molecular weight excluding hydrogens is 401 g/mol. The van der Waals surface area contributed by atoms with Gasteiger partial charge in [-0.1, -0.05) is 24.3 Å². The Labute approximate surface area is 158 Å². The molecule has 3 rings (SSSR count). The van der Waals surface area contributed by atoms with Gasteiger partial charge in [0.15, 0.2) is 0 Å². The number of halogens is 2. The smallest absolute Gasteiger partial charge is 0.337 e. The molecule has 0 saturated heterocycles. The Hall–Kier alpha value is -2.67. The monoisotopic (exact) mass is 417 g/mol. The summed E-state index contributed by atoms with van der Waals surface area (Å²) in [6.07, 6.45) is 0. The largest absolute Gasteiger partial charge is 0.478 e. The molecular formula is C19H17BrFN3O2. The van der Waals surface area contributed by atoms with Crippen LogP contribution in [0, 0.1) is 26.6 Å². The molecule has 2 aromatic carbocycles. The molecule has 7 heteroatoms. The van der Waals surface area contributed by atoms with E-state index in [1.165, 1.54) is 16.8 Å². The molecule has 0 aliphatic rings. The van der Waals surface area contributed by atoms with Crippen molar-refractivity contribution >= 4 is 33.4 Å². The third-order valence-electron chi connectivity index (χ3n) is 4.13. The fourth-order valence-electron chi connectivity index (χ4n) is 2.80.